The predicted molar refractivity (Wildman–Crippen MR) is 118 cm³/mol. The number of carbonyl (C=O) groups excluding carboxylic acids is 3. The number of carbonyl (C=O) groups is 3. The van der Waals surface area contributed by atoms with Gasteiger partial charge in [0.25, 0.3) is 0 Å². The predicted octanol–water partition coefficient (Wildman–Crippen LogP) is 1.68. The number of aliphatic hydroxyl groups excluding tert-OH is 1. The normalized spacial score (nSPS) is 35.4. The Bertz CT molecular complexity index is 689. The zero-order valence-electron chi connectivity index (χ0n) is 18.7. The van der Waals surface area contributed by atoms with Gasteiger partial charge in [0.05, 0.1) is 29.2 Å². The van der Waals surface area contributed by atoms with Gasteiger partial charge in [0.15, 0.2) is 0 Å². The van der Waals surface area contributed by atoms with Gasteiger partial charge in [-0.25, -0.2) is 0 Å². The SMILES string of the molecule is CCCCCNC(=O)C1N([C@H](C)CO)C(=O)[C@@H]2[C@H](C(=O)NCCC)[C@]3(C)CCC12S3. The maximum absolute atomic E-state index is 13.6. The third-order valence-corrected chi connectivity index (χ3v) is 9.10. The number of unbranched alkanes of at least 4 members (excludes halogenated alkanes) is 2. The number of nitrogens with zero attached hydrogens (tertiary/aromatic N) is 1. The summed E-state index contributed by atoms with van der Waals surface area (Å²) < 4.78 is -0.939. The van der Waals surface area contributed by atoms with Crippen LogP contribution in [-0.2, 0) is 14.4 Å². The van der Waals surface area contributed by atoms with Gasteiger partial charge in [0, 0.05) is 17.8 Å². The van der Waals surface area contributed by atoms with E-state index in [0.717, 1.165) is 38.5 Å². The Labute approximate surface area is 184 Å². The Morgan fingerprint density at radius 3 is 2.50 bits per heavy atom. The van der Waals surface area contributed by atoms with Crippen molar-refractivity contribution < 1.29 is 19.5 Å². The van der Waals surface area contributed by atoms with Crippen LogP contribution in [0.1, 0.15) is 66.2 Å². The lowest BCUT2D eigenvalue weighted by Crippen LogP contribution is -2.56. The first kappa shape index (κ1) is 23.4. The third-order valence-electron chi connectivity index (χ3n) is 7.11. The Morgan fingerprint density at radius 2 is 1.87 bits per heavy atom. The lowest BCUT2D eigenvalue weighted by molar-refractivity contribution is -0.143. The summed E-state index contributed by atoms with van der Waals surface area (Å²) in [7, 11) is 0. The van der Waals surface area contributed by atoms with Gasteiger partial charge in [-0.2, -0.15) is 0 Å². The molecule has 3 rings (SSSR count). The summed E-state index contributed by atoms with van der Waals surface area (Å²) in [4.78, 5) is 41.7. The fraction of sp³-hybridized carbons (Fsp3) is 0.864. The summed E-state index contributed by atoms with van der Waals surface area (Å²) >= 11 is 1.67. The topological polar surface area (TPSA) is 98.7 Å². The van der Waals surface area contributed by atoms with Crippen LogP contribution in [0, 0.1) is 11.8 Å². The molecule has 0 aromatic heterocycles. The molecule has 3 fully saturated rings. The van der Waals surface area contributed by atoms with Crippen molar-refractivity contribution in [2.75, 3.05) is 19.7 Å². The largest absolute Gasteiger partial charge is 0.394 e. The molecule has 8 heteroatoms. The second kappa shape index (κ2) is 9.07. The van der Waals surface area contributed by atoms with E-state index in [1.807, 2.05) is 6.92 Å². The number of amides is 3. The van der Waals surface area contributed by atoms with E-state index in [1.54, 1.807) is 23.6 Å². The minimum atomic E-state index is -0.644. The van der Waals surface area contributed by atoms with Gasteiger partial charge < -0.3 is 20.6 Å². The summed E-state index contributed by atoms with van der Waals surface area (Å²) in [5.74, 6) is -1.33. The molecule has 0 aromatic rings. The van der Waals surface area contributed by atoms with Crippen LogP contribution in [0.2, 0.25) is 0 Å². The molecule has 3 heterocycles. The highest BCUT2D eigenvalue weighted by atomic mass is 32.2. The van der Waals surface area contributed by atoms with Crippen LogP contribution in [0.3, 0.4) is 0 Å². The molecule has 0 saturated carbocycles. The maximum atomic E-state index is 13.6. The van der Waals surface area contributed by atoms with Gasteiger partial charge in [0.1, 0.15) is 6.04 Å². The maximum Gasteiger partial charge on any atom is 0.244 e. The number of hydrogen-bond acceptors (Lipinski definition) is 5. The minimum Gasteiger partial charge on any atom is -0.394 e. The van der Waals surface area contributed by atoms with Crippen molar-refractivity contribution in [1.82, 2.24) is 15.5 Å². The number of rotatable bonds is 10. The molecule has 2 bridgehead atoms. The number of likely N-dealkylation sites (tertiary alicyclic amines) is 1. The van der Waals surface area contributed by atoms with Crippen molar-refractivity contribution in [1.29, 1.82) is 0 Å². The molecule has 2 unspecified atom stereocenters. The van der Waals surface area contributed by atoms with Gasteiger partial charge in [-0.1, -0.05) is 26.7 Å². The van der Waals surface area contributed by atoms with Crippen LogP contribution in [-0.4, -0.2) is 69.0 Å². The standard InChI is InChI=1S/C22H37N3O4S/c1-5-7-8-12-24-19(28)17-22-10-9-21(4,30-22)15(18(27)23-11-6-2)16(22)20(29)25(17)14(3)13-26/h14-17,26H,5-13H2,1-4H3,(H,23,27)(H,24,28)/t14-,15-,16+,17?,21+,22?/m1/s1. The van der Waals surface area contributed by atoms with Crippen LogP contribution >= 0.6 is 11.8 Å². The van der Waals surface area contributed by atoms with Crippen molar-refractivity contribution in [2.24, 2.45) is 11.8 Å². The second-order valence-electron chi connectivity index (χ2n) is 9.29. The molecular formula is C22H37N3O4S. The monoisotopic (exact) mass is 439 g/mol. The molecule has 0 aliphatic carbocycles. The smallest absolute Gasteiger partial charge is 0.244 e. The number of thioether (sulfide) groups is 1. The molecule has 1 spiro atoms. The molecule has 30 heavy (non-hydrogen) atoms. The van der Waals surface area contributed by atoms with Crippen molar-refractivity contribution >= 4 is 29.5 Å². The van der Waals surface area contributed by atoms with E-state index in [1.165, 1.54) is 0 Å². The Balaban J connectivity index is 1.93. The van der Waals surface area contributed by atoms with Crippen molar-refractivity contribution in [2.45, 2.75) is 87.8 Å². The molecule has 170 valence electrons. The van der Waals surface area contributed by atoms with E-state index < -0.39 is 28.7 Å². The molecule has 0 radical (unpaired) electrons. The van der Waals surface area contributed by atoms with Gasteiger partial charge >= 0.3 is 0 Å². The molecule has 3 aliphatic heterocycles. The fourth-order valence-corrected chi connectivity index (χ4v) is 8.01. The molecule has 7 nitrogen and oxygen atoms in total. The zero-order chi connectivity index (χ0) is 22.1. The highest BCUT2D eigenvalue weighted by Gasteiger charge is 2.77. The van der Waals surface area contributed by atoms with Crippen LogP contribution in [0.25, 0.3) is 0 Å². The zero-order valence-corrected chi connectivity index (χ0v) is 19.5. The summed E-state index contributed by atoms with van der Waals surface area (Å²) in [6.07, 6.45) is 5.40. The highest BCUT2D eigenvalue weighted by molar-refractivity contribution is 8.02. The molecule has 6 atom stereocenters. The Hall–Kier alpha value is -1.28. The number of fused-ring (bicyclic) bond motifs is 1. The van der Waals surface area contributed by atoms with Crippen molar-refractivity contribution in [3.63, 3.8) is 0 Å². The highest BCUT2D eigenvalue weighted by Crippen LogP contribution is 2.71. The fourth-order valence-electron chi connectivity index (χ4n) is 5.67. The minimum absolute atomic E-state index is 0.0765. The summed E-state index contributed by atoms with van der Waals surface area (Å²) in [5, 5.41) is 15.9. The number of nitrogens with one attached hydrogen (secondary N) is 2. The van der Waals surface area contributed by atoms with Crippen LogP contribution in [0.15, 0.2) is 0 Å². The van der Waals surface area contributed by atoms with E-state index in [4.69, 9.17) is 0 Å². The molecule has 3 N–H and O–H groups in total. The number of hydrogen-bond donors (Lipinski definition) is 3. The average Bonchev–Trinajstić information content (AvgIpc) is 3.29. The van der Waals surface area contributed by atoms with Gasteiger partial charge in [-0.05, 0) is 39.5 Å². The van der Waals surface area contributed by atoms with Crippen LogP contribution in [0.5, 0.6) is 0 Å². The summed E-state index contributed by atoms with van der Waals surface area (Å²) in [6, 6.07) is -1.11. The van der Waals surface area contributed by atoms with Crippen LogP contribution in [0.4, 0.5) is 0 Å². The van der Waals surface area contributed by atoms with E-state index in [-0.39, 0.29) is 29.1 Å². The molecular weight excluding hydrogens is 402 g/mol. The quantitative estimate of drug-likeness (QED) is 0.450. The number of aliphatic hydroxyl groups is 1. The van der Waals surface area contributed by atoms with E-state index in [9.17, 15) is 19.5 Å². The van der Waals surface area contributed by atoms with Gasteiger partial charge in [-0.3, -0.25) is 14.4 Å². The van der Waals surface area contributed by atoms with E-state index in [2.05, 4.69) is 24.5 Å². The van der Waals surface area contributed by atoms with Gasteiger partial charge in [-0.15, -0.1) is 11.8 Å². The Morgan fingerprint density at radius 1 is 1.17 bits per heavy atom. The van der Waals surface area contributed by atoms with Crippen molar-refractivity contribution in [3.8, 4) is 0 Å². The molecule has 3 amide bonds. The summed E-state index contributed by atoms with van der Waals surface area (Å²) in [6.45, 7) is 8.93. The molecule has 0 aromatic carbocycles. The first-order chi connectivity index (χ1) is 14.3. The summed E-state index contributed by atoms with van der Waals surface area (Å²) in [5.41, 5.74) is 0. The van der Waals surface area contributed by atoms with E-state index >= 15 is 0 Å². The Kier molecular flexibility index (Phi) is 7.07. The van der Waals surface area contributed by atoms with E-state index in [0.29, 0.717) is 13.1 Å². The van der Waals surface area contributed by atoms with Gasteiger partial charge in [0.2, 0.25) is 17.7 Å². The first-order valence-electron chi connectivity index (χ1n) is 11.5. The van der Waals surface area contributed by atoms with Crippen LogP contribution < -0.4 is 10.6 Å². The second-order valence-corrected chi connectivity index (χ2v) is 11.2. The first-order valence-corrected chi connectivity index (χ1v) is 12.3. The average molecular weight is 440 g/mol. The third kappa shape index (κ3) is 3.64. The van der Waals surface area contributed by atoms with Crippen molar-refractivity contribution in [3.05, 3.63) is 0 Å². The lowest BCUT2D eigenvalue weighted by atomic mass is 9.66. The lowest BCUT2D eigenvalue weighted by Gasteiger charge is -2.36. The molecule has 3 saturated heterocycles. The molecule has 3 aliphatic rings.